The number of β-amino-alcohol motifs (C(OH)–C–C–N with tert-alkyl or cyclic N) is 1. The lowest BCUT2D eigenvalue weighted by Crippen LogP contribution is -2.30. The Morgan fingerprint density at radius 3 is 2.58 bits per heavy atom. The minimum atomic E-state index is -4.63. The van der Waals surface area contributed by atoms with Gasteiger partial charge in [-0.3, -0.25) is 4.79 Å². The Balaban J connectivity index is 2.31. The molecule has 1 atom stereocenters. The lowest BCUT2D eigenvalue weighted by Gasteiger charge is -2.17. The number of carbonyl (C=O) groups excluding carboxylic acids is 1. The quantitative estimate of drug-likeness (QED) is 0.798. The molecule has 1 aliphatic rings. The van der Waals surface area contributed by atoms with Gasteiger partial charge in [0.1, 0.15) is 5.82 Å². The minimum absolute atomic E-state index is 0.00845. The highest BCUT2D eigenvalue weighted by Crippen LogP contribution is 2.30. The number of rotatable bonds is 1. The molecule has 19 heavy (non-hydrogen) atoms. The number of amides is 1. The Morgan fingerprint density at radius 2 is 2.05 bits per heavy atom. The van der Waals surface area contributed by atoms with Crippen LogP contribution in [-0.2, 0) is 6.18 Å². The molecule has 0 radical (unpaired) electrons. The van der Waals surface area contributed by atoms with Gasteiger partial charge in [-0.1, -0.05) is 0 Å². The number of hydrogen-bond acceptors (Lipinski definition) is 2. The molecule has 104 valence electrons. The summed E-state index contributed by atoms with van der Waals surface area (Å²) in [6.45, 7) is 0.213. The third-order valence-electron chi connectivity index (χ3n) is 2.97. The van der Waals surface area contributed by atoms with Gasteiger partial charge in [0.25, 0.3) is 5.91 Å². The molecular formula is C12H11F4NO2. The van der Waals surface area contributed by atoms with Crippen molar-refractivity contribution in [2.75, 3.05) is 13.1 Å². The summed E-state index contributed by atoms with van der Waals surface area (Å²) < 4.78 is 51.0. The molecule has 0 spiro atoms. The van der Waals surface area contributed by atoms with Crippen molar-refractivity contribution >= 4 is 5.91 Å². The first kappa shape index (κ1) is 13.8. The van der Waals surface area contributed by atoms with E-state index in [2.05, 4.69) is 0 Å². The van der Waals surface area contributed by atoms with Crippen LogP contribution in [-0.4, -0.2) is 35.1 Å². The van der Waals surface area contributed by atoms with Crippen molar-refractivity contribution in [3.05, 3.63) is 35.1 Å². The number of likely N-dealkylation sites (tertiary alicyclic amines) is 1. The molecule has 0 bridgehead atoms. The average Bonchev–Trinajstić information content (AvgIpc) is 2.74. The summed E-state index contributed by atoms with van der Waals surface area (Å²) in [5.41, 5.74) is -1.69. The molecule has 1 saturated heterocycles. The SMILES string of the molecule is O=C(c1cc(C(F)(F)F)ccc1F)N1CCC(O)C1. The maximum absolute atomic E-state index is 13.5. The van der Waals surface area contributed by atoms with Gasteiger partial charge in [-0.2, -0.15) is 13.2 Å². The second-order valence-electron chi connectivity index (χ2n) is 4.39. The van der Waals surface area contributed by atoms with E-state index in [4.69, 9.17) is 0 Å². The molecule has 1 unspecified atom stereocenters. The van der Waals surface area contributed by atoms with Crippen LogP contribution in [0.25, 0.3) is 0 Å². The first-order chi connectivity index (χ1) is 8.79. The number of aliphatic hydroxyl groups excluding tert-OH is 1. The van der Waals surface area contributed by atoms with Gasteiger partial charge in [0.15, 0.2) is 0 Å². The zero-order valence-corrected chi connectivity index (χ0v) is 9.75. The van der Waals surface area contributed by atoms with E-state index in [0.717, 1.165) is 4.90 Å². The molecule has 0 saturated carbocycles. The van der Waals surface area contributed by atoms with Gasteiger partial charge in [0.2, 0.25) is 0 Å². The number of halogens is 4. The van der Waals surface area contributed by atoms with Gasteiger partial charge < -0.3 is 10.0 Å². The average molecular weight is 277 g/mol. The highest BCUT2D eigenvalue weighted by molar-refractivity contribution is 5.95. The number of benzene rings is 1. The molecule has 1 aromatic carbocycles. The van der Waals surface area contributed by atoms with Crippen LogP contribution in [0, 0.1) is 5.82 Å². The first-order valence-electron chi connectivity index (χ1n) is 5.63. The fourth-order valence-corrected chi connectivity index (χ4v) is 1.96. The Morgan fingerprint density at radius 1 is 1.37 bits per heavy atom. The summed E-state index contributed by atoms with van der Waals surface area (Å²) >= 11 is 0. The summed E-state index contributed by atoms with van der Waals surface area (Å²) in [5, 5.41) is 9.28. The smallest absolute Gasteiger partial charge is 0.391 e. The summed E-state index contributed by atoms with van der Waals surface area (Å²) in [4.78, 5) is 13.0. The lowest BCUT2D eigenvalue weighted by molar-refractivity contribution is -0.137. The van der Waals surface area contributed by atoms with Gasteiger partial charge in [0.05, 0.1) is 17.2 Å². The van der Waals surface area contributed by atoms with Crippen molar-refractivity contribution in [1.29, 1.82) is 0 Å². The van der Waals surface area contributed by atoms with Crippen LogP contribution < -0.4 is 0 Å². The van der Waals surface area contributed by atoms with Gasteiger partial charge in [-0.15, -0.1) is 0 Å². The maximum Gasteiger partial charge on any atom is 0.416 e. The minimum Gasteiger partial charge on any atom is -0.391 e. The molecule has 1 N–H and O–H groups in total. The van der Waals surface area contributed by atoms with Crippen LogP contribution >= 0.6 is 0 Å². The molecule has 7 heteroatoms. The van der Waals surface area contributed by atoms with Crippen molar-refractivity contribution in [2.45, 2.75) is 18.7 Å². The van der Waals surface area contributed by atoms with E-state index < -0.39 is 35.1 Å². The molecule has 0 aliphatic carbocycles. The van der Waals surface area contributed by atoms with Gasteiger partial charge in [-0.05, 0) is 24.6 Å². The fourth-order valence-electron chi connectivity index (χ4n) is 1.96. The van der Waals surface area contributed by atoms with Crippen molar-refractivity contribution < 1.29 is 27.5 Å². The molecule has 1 heterocycles. The number of alkyl halides is 3. The predicted molar refractivity (Wildman–Crippen MR) is 57.9 cm³/mol. The third-order valence-corrected chi connectivity index (χ3v) is 2.97. The molecule has 2 rings (SSSR count). The van der Waals surface area contributed by atoms with E-state index in [1.54, 1.807) is 0 Å². The van der Waals surface area contributed by atoms with E-state index in [-0.39, 0.29) is 13.1 Å². The van der Waals surface area contributed by atoms with Crippen molar-refractivity contribution in [1.82, 2.24) is 4.90 Å². The van der Waals surface area contributed by atoms with Crippen LogP contribution in [0.5, 0.6) is 0 Å². The summed E-state index contributed by atoms with van der Waals surface area (Å²) in [6, 6.07) is 1.72. The van der Waals surface area contributed by atoms with Crippen LogP contribution in [0.4, 0.5) is 17.6 Å². The van der Waals surface area contributed by atoms with E-state index in [0.29, 0.717) is 24.6 Å². The van der Waals surface area contributed by atoms with Crippen LogP contribution in [0.1, 0.15) is 22.3 Å². The Hall–Kier alpha value is -1.63. The van der Waals surface area contributed by atoms with Gasteiger partial charge >= 0.3 is 6.18 Å². The van der Waals surface area contributed by atoms with Crippen LogP contribution in [0.15, 0.2) is 18.2 Å². The molecule has 1 aliphatic heterocycles. The second kappa shape index (κ2) is 4.80. The largest absolute Gasteiger partial charge is 0.416 e. The molecule has 3 nitrogen and oxygen atoms in total. The monoisotopic (exact) mass is 277 g/mol. The number of carbonyl (C=O) groups is 1. The van der Waals surface area contributed by atoms with Crippen LogP contribution in [0.2, 0.25) is 0 Å². The Labute approximate surface area is 106 Å². The molecule has 1 aromatic rings. The molecule has 1 amide bonds. The van der Waals surface area contributed by atoms with Crippen LogP contribution in [0.3, 0.4) is 0 Å². The second-order valence-corrected chi connectivity index (χ2v) is 4.39. The standard InChI is InChI=1S/C12H11F4NO2/c13-10-2-1-7(12(14,15)16)5-9(10)11(19)17-4-3-8(18)6-17/h1-2,5,8,18H,3-4,6H2. The topological polar surface area (TPSA) is 40.5 Å². The zero-order valence-electron chi connectivity index (χ0n) is 9.75. The predicted octanol–water partition coefficient (Wildman–Crippen LogP) is 2.05. The van der Waals surface area contributed by atoms with E-state index in [1.807, 2.05) is 0 Å². The van der Waals surface area contributed by atoms with E-state index in [9.17, 15) is 27.5 Å². The highest BCUT2D eigenvalue weighted by atomic mass is 19.4. The third kappa shape index (κ3) is 2.86. The first-order valence-corrected chi connectivity index (χ1v) is 5.63. The van der Waals surface area contributed by atoms with Crippen molar-refractivity contribution in [3.63, 3.8) is 0 Å². The zero-order chi connectivity index (χ0) is 14.2. The highest BCUT2D eigenvalue weighted by Gasteiger charge is 2.33. The lowest BCUT2D eigenvalue weighted by atomic mass is 10.1. The van der Waals surface area contributed by atoms with Crippen molar-refractivity contribution in [2.24, 2.45) is 0 Å². The van der Waals surface area contributed by atoms with E-state index in [1.165, 1.54) is 0 Å². The van der Waals surface area contributed by atoms with E-state index >= 15 is 0 Å². The number of nitrogens with zero attached hydrogens (tertiary/aromatic N) is 1. The Bertz CT molecular complexity index is 501. The van der Waals surface area contributed by atoms with Crippen molar-refractivity contribution in [3.8, 4) is 0 Å². The normalized spacial score (nSPS) is 19.8. The summed E-state index contributed by atoms with van der Waals surface area (Å²) in [7, 11) is 0. The van der Waals surface area contributed by atoms with Gasteiger partial charge in [0, 0.05) is 13.1 Å². The number of hydrogen-bond donors (Lipinski definition) is 1. The summed E-state index contributed by atoms with van der Waals surface area (Å²) in [5.74, 6) is -1.83. The van der Waals surface area contributed by atoms with Gasteiger partial charge in [-0.25, -0.2) is 4.39 Å². The molecular weight excluding hydrogens is 266 g/mol. The Kier molecular flexibility index (Phi) is 3.49. The molecule has 0 aromatic heterocycles. The molecule has 1 fully saturated rings. The maximum atomic E-state index is 13.5. The fraction of sp³-hybridized carbons (Fsp3) is 0.417. The number of aliphatic hydroxyl groups is 1. The summed E-state index contributed by atoms with van der Waals surface area (Å²) in [6.07, 6.45) is -5.00.